The molecule has 0 atom stereocenters. The van der Waals surface area contributed by atoms with Gasteiger partial charge in [0.25, 0.3) is 0 Å². The molecule has 0 saturated carbocycles. The quantitative estimate of drug-likeness (QED) is 0.101. The first-order chi connectivity index (χ1) is 23.9. The Hall–Kier alpha value is -4.13. The van der Waals surface area contributed by atoms with E-state index in [1.165, 1.54) is 24.3 Å². The maximum Gasteiger partial charge on any atom is 4.00 e. The van der Waals surface area contributed by atoms with E-state index >= 15 is 0 Å². The van der Waals surface area contributed by atoms with E-state index in [1.54, 1.807) is 0 Å². The molecule has 0 saturated heterocycles. The summed E-state index contributed by atoms with van der Waals surface area (Å²) in [5.74, 6) is -1.99. The van der Waals surface area contributed by atoms with E-state index in [0.29, 0.717) is 36.3 Å². The van der Waals surface area contributed by atoms with Crippen molar-refractivity contribution in [2.45, 2.75) is 54.4 Å². The smallest absolute Gasteiger partial charge is 0.392 e. The van der Waals surface area contributed by atoms with Gasteiger partial charge in [-0.2, -0.15) is 12.2 Å². The Labute approximate surface area is 317 Å². The standard InChI is InChI=1S/2C17H18F2N.2C5H5.Ti/c2*1-12(2)11-20(15-7-4-13(3)5-8-15)17-9-6-14(18)10-16(17)19;2*1-2-4-5-3-1;/h2*4-9,12H,11H2,1-3H3;2*1-3H,4H2;/q4*-1;+4. The van der Waals surface area contributed by atoms with Gasteiger partial charge < -0.3 is 9.80 Å². The summed E-state index contributed by atoms with van der Waals surface area (Å²) in [6.45, 7) is 13.6. The zero-order chi connectivity index (χ0) is 36.5. The molecule has 4 aromatic rings. The molecule has 0 aliphatic heterocycles. The van der Waals surface area contributed by atoms with Crippen LogP contribution in [0.1, 0.15) is 51.7 Å². The molecule has 2 nitrogen and oxygen atoms in total. The molecule has 0 radical (unpaired) electrons. The summed E-state index contributed by atoms with van der Waals surface area (Å²) < 4.78 is 54.0. The number of hydrogen-bond donors (Lipinski definition) is 0. The number of benzene rings is 4. The molecule has 0 aromatic heterocycles. The van der Waals surface area contributed by atoms with Gasteiger partial charge in [0.05, 0.1) is 0 Å². The van der Waals surface area contributed by atoms with Crippen molar-refractivity contribution >= 4 is 22.7 Å². The van der Waals surface area contributed by atoms with Crippen LogP contribution in [0.2, 0.25) is 0 Å². The number of rotatable bonds is 8. The van der Waals surface area contributed by atoms with Crippen LogP contribution in [0.3, 0.4) is 0 Å². The van der Waals surface area contributed by atoms with Gasteiger partial charge in [0.1, 0.15) is 0 Å². The first-order valence-electron chi connectivity index (χ1n) is 16.8. The minimum Gasteiger partial charge on any atom is -0.392 e. The van der Waals surface area contributed by atoms with Gasteiger partial charge in [-0.25, -0.2) is 41.9 Å². The molecule has 0 amide bonds. The molecule has 0 bridgehead atoms. The van der Waals surface area contributed by atoms with E-state index < -0.39 is 23.3 Å². The minimum atomic E-state index is -0.681. The maximum absolute atomic E-state index is 14.0. The van der Waals surface area contributed by atoms with Crippen molar-refractivity contribution < 1.29 is 39.3 Å². The Morgan fingerprint density at radius 2 is 0.902 bits per heavy atom. The average molecular weight is 727 g/mol. The molecule has 4 aromatic carbocycles. The summed E-state index contributed by atoms with van der Waals surface area (Å²) in [6.07, 6.45) is 20.0. The molecule has 6 rings (SSSR count). The summed E-state index contributed by atoms with van der Waals surface area (Å²) in [5.41, 5.74) is 4.77. The van der Waals surface area contributed by atoms with Crippen LogP contribution < -0.4 is 9.80 Å². The topological polar surface area (TPSA) is 6.48 Å². The number of nitrogens with zero attached hydrogens (tertiary/aromatic N) is 2. The van der Waals surface area contributed by atoms with Crippen LogP contribution in [-0.2, 0) is 21.7 Å². The summed E-state index contributed by atoms with van der Waals surface area (Å²) in [4.78, 5) is 3.71. The molecule has 264 valence electrons. The zero-order valence-corrected chi connectivity index (χ0v) is 31.8. The predicted molar refractivity (Wildman–Crippen MR) is 200 cm³/mol. The summed E-state index contributed by atoms with van der Waals surface area (Å²) in [5, 5.41) is 0. The van der Waals surface area contributed by atoms with Gasteiger partial charge in [-0.05, 0) is 61.3 Å². The third kappa shape index (κ3) is 15.3. The monoisotopic (exact) mass is 726 g/mol. The number of aryl methyl sites for hydroxylation is 2. The van der Waals surface area contributed by atoms with Crippen LogP contribution >= 0.6 is 0 Å². The Kier molecular flexibility index (Phi) is 19.1. The van der Waals surface area contributed by atoms with E-state index in [4.69, 9.17) is 0 Å². The van der Waals surface area contributed by atoms with Crippen molar-refractivity contribution in [3.05, 3.63) is 168 Å². The van der Waals surface area contributed by atoms with Crippen LogP contribution in [-0.4, -0.2) is 13.1 Å². The predicted octanol–water partition coefficient (Wildman–Crippen LogP) is 12.3. The largest absolute Gasteiger partial charge is 4.00 e. The van der Waals surface area contributed by atoms with Gasteiger partial charge in [-0.1, -0.05) is 63.1 Å². The second kappa shape index (κ2) is 22.6. The average Bonchev–Trinajstić information content (AvgIpc) is 3.85. The van der Waals surface area contributed by atoms with Crippen LogP contribution in [0.5, 0.6) is 0 Å². The molecule has 2 aliphatic rings. The second-order valence-electron chi connectivity index (χ2n) is 12.7. The van der Waals surface area contributed by atoms with Gasteiger partial charge in [0, 0.05) is 47.7 Å². The molecule has 0 spiro atoms. The molecular formula is C44H46F4N2Ti. The van der Waals surface area contributed by atoms with E-state index in [0.717, 1.165) is 35.3 Å². The number of hydrogen-bond acceptors (Lipinski definition) is 2. The normalized spacial score (nSPS) is 12.0. The second-order valence-corrected chi connectivity index (χ2v) is 12.7. The Bertz CT molecular complexity index is 1580. The van der Waals surface area contributed by atoms with E-state index in [1.807, 2.05) is 96.5 Å². The van der Waals surface area contributed by atoms with Gasteiger partial charge >= 0.3 is 21.7 Å². The van der Waals surface area contributed by atoms with Gasteiger partial charge in [-0.3, -0.25) is 12.2 Å². The Balaban J connectivity index is 0.000000273. The van der Waals surface area contributed by atoms with Crippen LogP contribution in [0.4, 0.5) is 40.3 Å². The molecule has 0 fully saturated rings. The number of anilines is 4. The minimum absolute atomic E-state index is 0. The van der Waals surface area contributed by atoms with Crippen molar-refractivity contribution in [1.82, 2.24) is 0 Å². The molecule has 51 heavy (non-hydrogen) atoms. The van der Waals surface area contributed by atoms with Gasteiger partial charge in [-0.15, -0.1) is 49.2 Å². The van der Waals surface area contributed by atoms with E-state index in [9.17, 15) is 17.6 Å². The molecule has 0 heterocycles. The molecule has 2 aliphatic carbocycles. The molecule has 0 unspecified atom stereocenters. The summed E-state index contributed by atoms with van der Waals surface area (Å²) >= 11 is 0. The van der Waals surface area contributed by atoms with Crippen molar-refractivity contribution in [2.75, 3.05) is 22.9 Å². The first kappa shape index (κ1) is 43.0. The fourth-order valence-electron chi connectivity index (χ4n) is 4.83. The number of allylic oxidation sites excluding steroid dienone is 8. The van der Waals surface area contributed by atoms with Crippen LogP contribution in [0.15, 0.2) is 109 Å². The number of halogens is 4. The van der Waals surface area contributed by atoms with E-state index in [-0.39, 0.29) is 21.7 Å². The maximum atomic E-state index is 14.0. The van der Waals surface area contributed by atoms with Crippen molar-refractivity contribution in [3.8, 4) is 0 Å². The third-order valence-electron chi connectivity index (χ3n) is 7.22. The van der Waals surface area contributed by atoms with Crippen LogP contribution in [0, 0.1) is 73.2 Å². The first-order valence-corrected chi connectivity index (χ1v) is 16.8. The molecular weight excluding hydrogens is 680 g/mol. The zero-order valence-electron chi connectivity index (χ0n) is 30.3. The fraction of sp³-hybridized carbons (Fsp3) is 0.273. The van der Waals surface area contributed by atoms with Crippen molar-refractivity contribution in [1.29, 1.82) is 0 Å². The SMILES string of the molecule is Cc1ccc(N(CC(C)C)c2ccc(F)[c-]c2F)cc1.Cc1ccc(N(CC(C)C)c2ccc(F)[c-]c2F)cc1.[C-]1=CC=CC1.[C-]1=CC=CC1.[Ti+4]. The molecule has 7 heteroatoms. The molecule has 0 N–H and O–H groups in total. The Morgan fingerprint density at radius 1 is 0.549 bits per heavy atom. The van der Waals surface area contributed by atoms with Crippen molar-refractivity contribution in [2.24, 2.45) is 11.8 Å². The summed E-state index contributed by atoms with van der Waals surface area (Å²) in [7, 11) is 0. The van der Waals surface area contributed by atoms with Gasteiger partial charge in [0.15, 0.2) is 0 Å². The fourth-order valence-corrected chi connectivity index (χ4v) is 4.83. The van der Waals surface area contributed by atoms with Crippen LogP contribution in [0.25, 0.3) is 0 Å². The van der Waals surface area contributed by atoms with Crippen molar-refractivity contribution in [3.63, 3.8) is 0 Å². The Morgan fingerprint density at radius 3 is 1.14 bits per heavy atom. The van der Waals surface area contributed by atoms with Gasteiger partial charge in [0.2, 0.25) is 0 Å². The third-order valence-corrected chi connectivity index (χ3v) is 7.22. The van der Waals surface area contributed by atoms with E-state index in [2.05, 4.69) is 64.1 Å². The summed E-state index contributed by atoms with van der Waals surface area (Å²) in [6, 6.07) is 25.3.